The van der Waals surface area contributed by atoms with Crippen molar-refractivity contribution >= 4 is 7.12 Å². The van der Waals surface area contributed by atoms with Crippen molar-refractivity contribution in [3.05, 3.63) is 11.6 Å². The Balaban J connectivity index is 1.73. The SMILES string of the molecule is CC1=CCN(C)C2CCC(B3OC(C)(C)C(C)(C)O3)CC12. The number of hydrogen-bond donors (Lipinski definition) is 0. The normalized spacial score (nSPS) is 39.0. The molecule has 0 amide bonds. The third-order valence-electron chi connectivity index (χ3n) is 6.36. The summed E-state index contributed by atoms with van der Waals surface area (Å²) in [6, 6.07) is 0.716. The summed E-state index contributed by atoms with van der Waals surface area (Å²) in [5.74, 6) is 1.21. The average molecular weight is 291 g/mol. The summed E-state index contributed by atoms with van der Waals surface area (Å²) >= 11 is 0. The molecular weight excluding hydrogens is 261 g/mol. The van der Waals surface area contributed by atoms with E-state index >= 15 is 0 Å². The average Bonchev–Trinajstić information content (AvgIpc) is 2.63. The zero-order chi connectivity index (χ0) is 15.4. The Hall–Kier alpha value is -0.315. The van der Waals surface area contributed by atoms with E-state index in [2.05, 4.69) is 52.6 Å². The minimum atomic E-state index is -0.206. The number of fused-ring (bicyclic) bond motifs is 1. The van der Waals surface area contributed by atoms with Crippen LogP contribution in [-0.2, 0) is 9.31 Å². The molecule has 1 aliphatic carbocycles. The van der Waals surface area contributed by atoms with E-state index in [4.69, 9.17) is 9.31 Å². The van der Waals surface area contributed by atoms with Crippen molar-refractivity contribution < 1.29 is 9.31 Å². The number of hydrogen-bond acceptors (Lipinski definition) is 3. The van der Waals surface area contributed by atoms with Gasteiger partial charge in [0.05, 0.1) is 11.2 Å². The first kappa shape index (κ1) is 15.6. The Kier molecular flexibility index (Phi) is 3.79. The van der Waals surface area contributed by atoms with Crippen molar-refractivity contribution in [2.75, 3.05) is 13.6 Å². The molecule has 0 radical (unpaired) electrons. The van der Waals surface area contributed by atoms with Gasteiger partial charge < -0.3 is 9.31 Å². The van der Waals surface area contributed by atoms with Crippen molar-refractivity contribution in [2.45, 2.75) is 76.9 Å². The van der Waals surface area contributed by atoms with Gasteiger partial charge >= 0.3 is 7.12 Å². The first-order valence-electron chi connectivity index (χ1n) is 8.44. The lowest BCUT2D eigenvalue weighted by atomic mass is 9.59. The maximum absolute atomic E-state index is 6.29. The van der Waals surface area contributed by atoms with Gasteiger partial charge in [-0.05, 0) is 66.2 Å². The van der Waals surface area contributed by atoms with Gasteiger partial charge in [0.25, 0.3) is 0 Å². The molecular formula is C17H30BNO2. The van der Waals surface area contributed by atoms with Crippen molar-refractivity contribution in [1.29, 1.82) is 0 Å². The molecule has 3 rings (SSSR count). The molecule has 0 spiro atoms. The van der Waals surface area contributed by atoms with Crippen LogP contribution in [0.4, 0.5) is 0 Å². The highest BCUT2D eigenvalue weighted by molar-refractivity contribution is 6.47. The van der Waals surface area contributed by atoms with E-state index in [0.717, 1.165) is 6.54 Å². The third kappa shape index (κ3) is 2.60. The van der Waals surface area contributed by atoms with Gasteiger partial charge in [-0.3, -0.25) is 4.90 Å². The molecule has 2 aliphatic heterocycles. The van der Waals surface area contributed by atoms with Crippen LogP contribution in [0.1, 0.15) is 53.9 Å². The van der Waals surface area contributed by atoms with Crippen molar-refractivity contribution in [1.82, 2.24) is 4.90 Å². The lowest BCUT2D eigenvalue weighted by Gasteiger charge is -2.44. The molecule has 2 fully saturated rings. The van der Waals surface area contributed by atoms with Gasteiger partial charge in [0.15, 0.2) is 0 Å². The summed E-state index contributed by atoms with van der Waals surface area (Å²) in [4.78, 5) is 2.51. The van der Waals surface area contributed by atoms with Crippen LogP contribution in [0, 0.1) is 5.92 Å². The van der Waals surface area contributed by atoms with E-state index in [1.807, 2.05) is 0 Å². The standard InChI is InChI=1S/C17H30BNO2/c1-12-9-10-19(6)15-8-7-13(11-14(12)15)18-20-16(2,3)17(4,5)21-18/h9,13-15H,7-8,10-11H2,1-6H3. The maximum Gasteiger partial charge on any atom is 0.461 e. The van der Waals surface area contributed by atoms with Crippen LogP contribution in [0.15, 0.2) is 11.6 Å². The second-order valence-electron chi connectivity index (χ2n) is 8.26. The summed E-state index contributed by atoms with van der Waals surface area (Å²) in [5.41, 5.74) is 1.16. The highest BCUT2D eigenvalue weighted by Crippen LogP contribution is 2.47. The fourth-order valence-electron chi connectivity index (χ4n) is 4.11. The fraction of sp³-hybridized carbons (Fsp3) is 0.882. The molecule has 0 bridgehead atoms. The van der Waals surface area contributed by atoms with Gasteiger partial charge in [-0.25, -0.2) is 0 Å². The fourth-order valence-corrected chi connectivity index (χ4v) is 4.11. The van der Waals surface area contributed by atoms with Gasteiger partial charge in [-0.1, -0.05) is 18.1 Å². The minimum absolute atomic E-state index is 0.0315. The van der Waals surface area contributed by atoms with Crippen LogP contribution in [-0.4, -0.2) is 42.9 Å². The van der Waals surface area contributed by atoms with E-state index in [-0.39, 0.29) is 18.3 Å². The van der Waals surface area contributed by atoms with E-state index in [1.54, 1.807) is 5.57 Å². The van der Waals surface area contributed by atoms with Crippen LogP contribution in [0.25, 0.3) is 0 Å². The van der Waals surface area contributed by atoms with Crippen molar-refractivity contribution in [2.24, 2.45) is 5.92 Å². The number of likely N-dealkylation sites (N-methyl/N-ethyl adjacent to an activating group) is 1. The monoisotopic (exact) mass is 291 g/mol. The quantitative estimate of drug-likeness (QED) is 0.545. The zero-order valence-corrected chi connectivity index (χ0v) is 14.5. The Morgan fingerprint density at radius 3 is 2.38 bits per heavy atom. The van der Waals surface area contributed by atoms with Crippen LogP contribution < -0.4 is 0 Å². The third-order valence-corrected chi connectivity index (χ3v) is 6.36. The molecule has 3 aliphatic rings. The molecule has 4 heteroatoms. The van der Waals surface area contributed by atoms with E-state index in [1.165, 1.54) is 19.3 Å². The molecule has 3 unspecified atom stereocenters. The summed E-state index contributed by atoms with van der Waals surface area (Å²) in [7, 11) is 2.23. The van der Waals surface area contributed by atoms with Gasteiger partial charge in [0.2, 0.25) is 0 Å². The number of rotatable bonds is 1. The summed E-state index contributed by atoms with van der Waals surface area (Å²) in [6.45, 7) is 12.0. The van der Waals surface area contributed by atoms with E-state index in [9.17, 15) is 0 Å². The summed E-state index contributed by atoms with van der Waals surface area (Å²) in [6.07, 6.45) is 6.08. The molecule has 21 heavy (non-hydrogen) atoms. The predicted octanol–water partition coefficient (Wildman–Crippen LogP) is 3.51. The molecule has 0 N–H and O–H groups in total. The first-order valence-corrected chi connectivity index (χ1v) is 8.44. The summed E-state index contributed by atoms with van der Waals surface area (Å²) in [5, 5.41) is 0. The van der Waals surface area contributed by atoms with Crippen LogP contribution in [0.5, 0.6) is 0 Å². The highest BCUT2D eigenvalue weighted by Gasteiger charge is 2.55. The van der Waals surface area contributed by atoms with Gasteiger partial charge in [0, 0.05) is 12.6 Å². The molecule has 3 atom stereocenters. The second-order valence-corrected chi connectivity index (χ2v) is 8.26. The van der Waals surface area contributed by atoms with Gasteiger partial charge in [-0.15, -0.1) is 0 Å². The second kappa shape index (κ2) is 5.11. The van der Waals surface area contributed by atoms with Gasteiger partial charge in [-0.2, -0.15) is 0 Å². The summed E-state index contributed by atoms with van der Waals surface area (Å²) < 4.78 is 12.6. The molecule has 2 heterocycles. The molecule has 1 saturated heterocycles. The van der Waals surface area contributed by atoms with Crippen LogP contribution in [0.2, 0.25) is 5.82 Å². The molecule has 3 nitrogen and oxygen atoms in total. The minimum Gasteiger partial charge on any atom is -0.403 e. The Morgan fingerprint density at radius 1 is 1.14 bits per heavy atom. The molecule has 0 aromatic rings. The van der Waals surface area contributed by atoms with Crippen LogP contribution in [0.3, 0.4) is 0 Å². The highest BCUT2D eigenvalue weighted by atomic mass is 16.7. The van der Waals surface area contributed by atoms with E-state index in [0.29, 0.717) is 17.8 Å². The number of nitrogens with zero attached hydrogens (tertiary/aromatic N) is 1. The molecule has 0 aromatic heterocycles. The Bertz CT molecular complexity index is 430. The lowest BCUT2D eigenvalue weighted by Crippen LogP contribution is -2.46. The Morgan fingerprint density at radius 2 is 1.76 bits per heavy atom. The lowest BCUT2D eigenvalue weighted by molar-refractivity contribution is 0.00578. The smallest absolute Gasteiger partial charge is 0.403 e. The molecule has 118 valence electrons. The Labute approximate surface area is 130 Å². The zero-order valence-electron chi connectivity index (χ0n) is 14.5. The maximum atomic E-state index is 6.29. The first-order chi connectivity index (χ1) is 9.71. The van der Waals surface area contributed by atoms with E-state index < -0.39 is 0 Å². The van der Waals surface area contributed by atoms with Crippen molar-refractivity contribution in [3.63, 3.8) is 0 Å². The van der Waals surface area contributed by atoms with Crippen LogP contribution >= 0.6 is 0 Å². The van der Waals surface area contributed by atoms with Gasteiger partial charge in [0.1, 0.15) is 0 Å². The molecule has 0 aromatic carbocycles. The molecule has 1 saturated carbocycles. The topological polar surface area (TPSA) is 21.7 Å². The largest absolute Gasteiger partial charge is 0.461 e. The van der Waals surface area contributed by atoms with Crippen molar-refractivity contribution in [3.8, 4) is 0 Å². The predicted molar refractivity (Wildman–Crippen MR) is 87.3 cm³/mol.